The van der Waals surface area contributed by atoms with Gasteiger partial charge in [0.15, 0.2) is 0 Å². The molecule has 1 N–H and O–H groups in total. The van der Waals surface area contributed by atoms with Crippen molar-refractivity contribution in [1.82, 2.24) is 5.32 Å². The first kappa shape index (κ1) is 12.0. The van der Waals surface area contributed by atoms with Crippen LogP contribution >= 0.6 is 0 Å². The molecular formula is C11H25N. The highest BCUT2D eigenvalue weighted by atomic mass is 14.9. The van der Waals surface area contributed by atoms with E-state index in [4.69, 9.17) is 0 Å². The van der Waals surface area contributed by atoms with Crippen LogP contribution in [-0.2, 0) is 0 Å². The Morgan fingerprint density at radius 3 is 1.92 bits per heavy atom. The molecule has 12 heavy (non-hydrogen) atoms. The van der Waals surface area contributed by atoms with Crippen LogP contribution in [0.2, 0.25) is 0 Å². The summed E-state index contributed by atoms with van der Waals surface area (Å²) in [4.78, 5) is 0. The number of nitrogens with one attached hydrogen (secondary N) is 1. The molecule has 1 unspecified atom stereocenters. The van der Waals surface area contributed by atoms with Gasteiger partial charge < -0.3 is 5.32 Å². The van der Waals surface area contributed by atoms with Gasteiger partial charge in [0.25, 0.3) is 0 Å². The van der Waals surface area contributed by atoms with E-state index in [9.17, 15) is 0 Å². The summed E-state index contributed by atoms with van der Waals surface area (Å²) in [6.07, 6.45) is 2.54. The lowest BCUT2D eigenvalue weighted by atomic mass is 9.84. The minimum absolute atomic E-state index is 0.389. The Bertz CT molecular complexity index is 111. The van der Waals surface area contributed by atoms with Gasteiger partial charge in [-0.25, -0.2) is 0 Å². The molecule has 1 nitrogen and oxygen atoms in total. The maximum absolute atomic E-state index is 3.62. The van der Waals surface area contributed by atoms with E-state index in [1.807, 2.05) is 0 Å². The Hall–Kier alpha value is -0.0400. The van der Waals surface area contributed by atoms with Crippen LogP contribution in [-0.4, -0.2) is 12.1 Å². The minimum atomic E-state index is 0.389. The van der Waals surface area contributed by atoms with Gasteiger partial charge in [-0.3, -0.25) is 0 Å². The minimum Gasteiger partial charge on any atom is -0.311 e. The predicted molar refractivity (Wildman–Crippen MR) is 56.4 cm³/mol. The summed E-state index contributed by atoms with van der Waals surface area (Å²) in [5.74, 6) is 0. The van der Waals surface area contributed by atoms with E-state index >= 15 is 0 Å². The van der Waals surface area contributed by atoms with Crippen molar-refractivity contribution in [3.8, 4) is 0 Å². The lowest BCUT2D eigenvalue weighted by Gasteiger charge is -2.33. The molecule has 0 aromatic rings. The highest BCUT2D eigenvalue weighted by Crippen LogP contribution is 2.23. The third-order valence-corrected chi connectivity index (χ3v) is 2.16. The summed E-state index contributed by atoms with van der Waals surface area (Å²) < 4.78 is 0. The fourth-order valence-corrected chi connectivity index (χ4v) is 1.46. The Morgan fingerprint density at radius 1 is 1.17 bits per heavy atom. The summed E-state index contributed by atoms with van der Waals surface area (Å²) in [6.45, 7) is 13.6. The standard InChI is InChI=1S/C11H25N/c1-7-8-10(11(4,5)6)12-9(2)3/h9-10,12H,7-8H2,1-6H3. The van der Waals surface area contributed by atoms with Crippen LogP contribution < -0.4 is 5.32 Å². The van der Waals surface area contributed by atoms with Crippen molar-refractivity contribution in [3.63, 3.8) is 0 Å². The van der Waals surface area contributed by atoms with Crippen LogP contribution in [0.5, 0.6) is 0 Å². The zero-order valence-electron chi connectivity index (χ0n) is 9.57. The molecule has 0 aromatic heterocycles. The highest BCUT2D eigenvalue weighted by Gasteiger charge is 2.23. The van der Waals surface area contributed by atoms with Crippen molar-refractivity contribution in [2.75, 3.05) is 0 Å². The first-order valence-corrected chi connectivity index (χ1v) is 5.14. The van der Waals surface area contributed by atoms with Crippen molar-refractivity contribution in [2.24, 2.45) is 5.41 Å². The molecule has 0 spiro atoms. The van der Waals surface area contributed by atoms with Crippen molar-refractivity contribution in [1.29, 1.82) is 0 Å². The van der Waals surface area contributed by atoms with Crippen LogP contribution in [0.3, 0.4) is 0 Å². The topological polar surface area (TPSA) is 12.0 Å². The van der Waals surface area contributed by atoms with E-state index in [0.717, 1.165) is 0 Å². The Labute approximate surface area is 77.9 Å². The smallest absolute Gasteiger partial charge is 0.0118 e. The van der Waals surface area contributed by atoms with Crippen LogP contribution in [0.4, 0.5) is 0 Å². The summed E-state index contributed by atoms with van der Waals surface area (Å²) in [5, 5.41) is 3.62. The van der Waals surface area contributed by atoms with Gasteiger partial charge in [0.2, 0.25) is 0 Å². The molecule has 1 heteroatoms. The average Bonchev–Trinajstić information content (AvgIpc) is 1.83. The lowest BCUT2D eigenvalue weighted by Crippen LogP contribution is -2.43. The quantitative estimate of drug-likeness (QED) is 0.685. The molecule has 0 aromatic carbocycles. The number of rotatable bonds is 4. The van der Waals surface area contributed by atoms with E-state index in [1.54, 1.807) is 0 Å². The first-order chi connectivity index (χ1) is 5.38. The number of hydrogen-bond donors (Lipinski definition) is 1. The molecule has 0 fully saturated rings. The lowest BCUT2D eigenvalue weighted by molar-refractivity contribution is 0.239. The fraction of sp³-hybridized carbons (Fsp3) is 1.00. The SMILES string of the molecule is CCCC(NC(C)C)C(C)(C)C. The highest BCUT2D eigenvalue weighted by molar-refractivity contribution is 4.81. The van der Waals surface area contributed by atoms with E-state index in [0.29, 0.717) is 17.5 Å². The van der Waals surface area contributed by atoms with Gasteiger partial charge in [-0.15, -0.1) is 0 Å². The van der Waals surface area contributed by atoms with Crippen molar-refractivity contribution in [3.05, 3.63) is 0 Å². The second kappa shape index (κ2) is 4.86. The molecule has 0 heterocycles. The average molecular weight is 171 g/mol. The summed E-state index contributed by atoms with van der Waals surface area (Å²) in [5.41, 5.74) is 0.389. The maximum Gasteiger partial charge on any atom is 0.0118 e. The monoisotopic (exact) mass is 171 g/mol. The molecule has 74 valence electrons. The Morgan fingerprint density at radius 2 is 1.67 bits per heavy atom. The van der Waals surface area contributed by atoms with Gasteiger partial charge >= 0.3 is 0 Å². The van der Waals surface area contributed by atoms with Gasteiger partial charge in [-0.2, -0.15) is 0 Å². The van der Waals surface area contributed by atoms with E-state index in [2.05, 4.69) is 46.9 Å². The Kier molecular flexibility index (Phi) is 4.84. The fourth-order valence-electron chi connectivity index (χ4n) is 1.46. The van der Waals surface area contributed by atoms with Gasteiger partial charge in [-0.05, 0) is 11.8 Å². The van der Waals surface area contributed by atoms with Crippen LogP contribution in [0.1, 0.15) is 54.4 Å². The second-order valence-electron chi connectivity index (χ2n) is 5.03. The third-order valence-electron chi connectivity index (χ3n) is 2.16. The molecule has 0 aliphatic rings. The zero-order chi connectivity index (χ0) is 9.78. The van der Waals surface area contributed by atoms with Crippen molar-refractivity contribution >= 4 is 0 Å². The first-order valence-electron chi connectivity index (χ1n) is 5.14. The summed E-state index contributed by atoms with van der Waals surface area (Å²) >= 11 is 0. The second-order valence-corrected chi connectivity index (χ2v) is 5.03. The van der Waals surface area contributed by atoms with Gasteiger partial charge in [0, 0.05) is 12.1 Å². The molecule has 0 saturated carbocycles. The van der Waals surface area contributed by atoms with E-state index < -0.39 is 0 Å². The van der Waals surface area contributed by atoms with E-state index in [1.165, 1.54) is 12.8 Å². The molecule has 0 aliphatic heterocycles. The number of hydrogen-bond acceptors (Lipinski definition) is 1. The van der Waals surface area contributed by atoms with Gasteiger partial charge in [0.1, 0.15) is 0 Å². The van der Waals surface area contributed by atoms with Crippen LogP contribution in [0.25, 0.3) is 0 Å². The third kappa shape index (κ3) is 4.76. The van der Waals surface area contributed by atoms with Gasteiger partial charge in [-0.1, -0.05) is 48.0 Å². The molecule has 1 atom stereocenters. The van der Waals surface area contributed by atoms with Crippen LogP contribution in [0.15, 0.2) is 0 Å². The summed E-state index contributed by atoms with van der Waals surface area (Å²) in [6, 6.07) is 1.25. The molecule has 0 rings (SSSR count). The van der Waals surface area contributed by atoms with Crippen LogP contribution in [0, 0.1) is 5.41 Å². The molecular weight excluding hydrogens is 146 g/mol. The van der Waals surface area contributed by atoms with Crippen molar-refractivity contribution < 1.29 is 0 Å². The van der Waals surface area contributed by atoms with Gasteiger partial charge in [0.05, 0.1) is 0 Å². The summed E-state index contributed by atoms with van der Waals surface area (Å²) in [7, 11) is 0. The maximum atomic E-state index is 3.62. The molecule has 0 aliphatic carbocycles. The van der Waals surface area contributed by atoms with E-state index in [-0.39, 0.29) is 0 Å². The predicted octanol–water partition coefficient (Wildman–Crippen LogP) is 3.20. The van der Waals surface area contributed by atoms with Crippen molar-refractivity contribution in [2.45, 2.75) is 66.5 Å². The molecule has 0 saturated heterocycles. The molecule has 0 amide bonds. The Balaban J connectivity index is 4.04. The normalized spacial score (nSPS) is 15.2. The molecule has 0 bridgehead atoms. The largest absolute Gasteiger partial charge is 0.311 e. The zero-order valence-corrected chi connectivity index (χ0v) is 9.57. The molecule has 0 radical (unpaired) electrons.